The van der Waals surface area contributed by atoms with E-state index in [-0.39, 0.29) is 36.5 Å². The number of rotatable bonds is 6. The molecule has 2 rings (SSSR count). The maximum absolute atomic E-state index is 13.5. The number of benzene rings is 1. The van der Waals surface area contributed by atoms with Crippen LogP contribution < -0.4 is 16.0 Å². The van der Waals surface area contributed by atoms with Crippen molar-refractivity contribution < 1.29 is 9.18 Å². The Morgan fingerprint density at radius 3 is 2.57 bits per heavy atom. The lowest BCUT2D eigenvalue weighted by Gasteiger charge is -2.20. The van der Waals surface area contributed by atoms with Crippen molar-refractivity contribution in [3.05, 3.63) is 30.1 Å². The summed E-state index contributed by atoms with van der Waals surface area (Å²) in [6, 6.07) is 6.66. The van der Waals surface area contributed by atoms with E-state index in [1.165, 1.54) is 6.07 Å². The van der Waals surface area contributed by atoms with Gasteiger partial charge >= 0.3 is 0 Å². The smallest absolute Gasteiger partial charge is 0.240 e. The van der Waals surface area contributed by atoms with Crippen LogP contribution in [0, 0.1) is 5.82 Å². The quantitative estimate of drug-likeness (QED) is 0.781. The van der Waals surface area contributed by atoms with E-state index >= 15 is 0 Å². The first-order valence-corrected chi connectivity index (χ1v) is 6.56. The summed E-state index contributed by atoms with van der Waals surface area (Å²) in [5.41, 5.74) is 5.73. The van der Waals surface area contributed by atoms with Crippen molar-refractivity contribution in [1.29, 1.82) is 0 Å². The van der Waals surface area contributed by atoms with Crippen LogP contribution in [-0.2, 0) is 4.79 Å². The normalized spacial score (nSPS) is 14.4. The highest BCUT2D eigenvalue weighted by Crippen LogP contribution is 2.31. The summed E-state index contributed by atoms with van der Waals surface area (Å²) in [4.78, 5) is 13.4. The van der Waals surface area contributed by atoms with Crippen LogP contribution in [0.1, 0.15) is 19.3 Å². The zero-order valence-corrected chi connectivity index (χ0v) is 13.6. The number of nitrogens with two attached hydrogens (primary N) is 1. The molecule has 1 aliphatic rings. The van der Waals surface area contributed by atoms with Crippen LogP contribution in [0.25, 0.3) is 0 Å². The molecule has 0 atom stereocenters. The van der Waals surface area contributed by atoms with E-state index < -0.39 is 5.54 Å². The summed E-state index contributed by atoms with van der Waals surface area (Å²) < 4.78 is 13.5. The van der Waals surface area contributed by atoms with E-state index in [9.17, 15) is 9.18 Å². The first-order valence-electron chi connectivity index (χ1n) is 6.56. The Labute approximate surface area is 137 Å². The molecule has 7 heteroatoms. The highest BCUT2D eigenvalue weighted by molar-refractivity contribution is 5.88. The van der Waals surface area contributed by atoms with Crippen molar-refractivity contribution in [3.8, 4) is 0 Å². The topological polar surface area (TPSA) is 58.4 Å². The maximum atomic E-state index is 13.5. The Bertz CT molecular complexity index is 469. The third-order valence-electron chi connectivity index (χ3n) is 3.46. The highest BCUT2D eigenvalue weighted by Gasteiger charge is 2.45. The molecular weight excluding hydrogens is 316 g/mol. The molecule has 1 amide bonds. The molecule has 21 heavy (non-hydrogen) atoms. The number of nitrogens with one attached hydrogen (secondary N) is 1. The van der Waals surface area contributed by atoms with Gasteiger partial charge in [-0.15, -0.1) is 24.8 Å². The molecule has 0 saturated heterocycles. The largest absolute Gasteiger partial charge is 0.372 e. The van der Waals surface area contributed by atoms with Crippen LogP contribution in [-0.4, -0.2) is 31.6 Å². The summed E-state index contributed by atoms with van der Waals surface area (Å²) in [6.45, 7) is 1.25. The van der Waals surface area contributed by atoms with Crippen molar-refractivity contribution in [3.63, 3.8) is 0 Å². The Balaban J connectivity index is 0.00000200. The molecule has 0 unspecified atom stereocenters. The van der Waals surface area contributed by atoms with Gasteiger partial charge in [-0.05, 0) is 31.4 Å². The molecular formula is C14H22Cl2FN3O. The van der Waals surface area contributed by atoms with Crippen molar-refractivity contribution in [2.45, 2.75) is 24.8 Å². The minimum Gasteiger partial charge on any atom is -0.372 e. The van der Waals surface area contributed by atoms with E-state index in [4.69, 9.17) is 5.73 Å². The van der Waals surface area contributed by atoms with E-state index in [1.54, 1.807) is 12.1 Å². The van der Waals surface area contributed by atoms with Gasteiger partial charge in [0.2, 0.25) is 5.91 Å². The van der Waals surface area contributed by atoms with Crippen molar-refractivity contribution >= 4 is 36.4 Å². The Hall–Kier alpha value is -1.04. The highest BCUT2D eigenvalue weighted by atomic mass is 35.5. The van der Waals surface area contributed by atoms with Crippen LogP contribution in [0.4, 0.5) is 10.1 Å². The second kappa shape index (κ2) is 8.41. The lowest BCUT2D eigenvalue weighted by Crippen LogP contribution is -2.43. The molecule has 1 aliphatic carbocycles. The van der Waals surface area contributed by atoms with Crippen LogP contribution >= 0.6 is 24.8 Å². The van der Waals surface area contributed by atoms with E-state index in [0.29, 0.717) is 18.8 Å². The SMILES string of the molecule is CN(CCCNC(=O)C1(N)CC1)c1ccccc1F.Cl.Cl. The number of nitrogens with zero attached hydrogens (tertiary/aromatic N) is 1. The lowest BCUT2D eigenvalue weighted by molar-refractivity contribution is -0.123. The molecule has 1 saturated carbocycles. The molecule has 3 N–H and O–H groups in total. The zero-order chi connectivity index (χ0) is 13.9. The van der Waals surface area contributed by atoms with E-state index in [0.717, 1.165) is 19.3 Å². The average molecular weight is 338 g/mol. The number of carbonyl (C=O) groups is 1. The summed E-state index contributed by atoms with van der Waals surface area (Å²) in [7, 11) is 1.84. The number of para-hydroxylation sites is 1. The third-order valence-corrected chi connectivity index (χ3v) is 3.46. The average Bonchev–Trinajstić information content (AvgIpc) is 3.14. The molecule has 0 radical (unpaired) electrons. The molecule has 120 valence electrons. The first kappa shape index (κ1) is 20.0. The van der Waals surface area contributed by atoms with E-state index in [1.807, 2.05) is 18.0 Å². The Morgan fingerprint density at radius 1 is 1.38 bits per heavy atom. The Morgan fingerprint density at radius 2 is 2.00 bits per heavy atom. The molecule has 0 aromatic heterocycles. The van der Waals surface area contributed by atoms with Crippen molar-refractivity contribution in [2.75, 3.05) is 25.0 Å². The van der Waals surface area contributed by atoms with Crippen LogP contribution in [0.5, 0.6) is 0 Å². The maximum Gasteiger partial charge on any atom is 0.240 e. The number of anilines is 1. The minimum atomic E-state index is -0.614. The van der Waals surface area contributed by atoms with Gasteiger partial charge in [0.05, 0.1) is 11.2 Å². The molecule has 1 aromatic rings. The molecule has 4 nitrogen and oxygen atoms in total. The molecule has 1 fully saturated rings. The Kier molecular flexibility index (Phi) is 8.00. The fourth-order valence-corrected chi connectivity index (χ4v) is 1.94. The standard InChI is InChI=1S/C14H20FN3O.2ClH/c1-18(12-6-3-2-5-11(12)15)10-4-9-17-13(19)14(16)7-8-14;;/h2-3,5-6H,4,7-10,16H2,1H3,(H,17,19);2*1H. The number of halogens is 3. The van der Waals surface area contributed by atoms with Gasteiger partial charge < -0.3 is 16.0 Å². The second-order valence-electron chi connectivity index (χ2n) is 5.14. The fraction of sp³-hybridized carbons (Fsp3) is 0.500. The summed E-state index contributed by atoms with van der Waals surface area (Å²) in [5.74, 6) is -0.297. The number of hydrogen-bond donors (Lipinski definition) is 2. The number of carbonyl (C=O) groups excluding carboxylic acids is 1. The van der Waals surface area contributed by atoms with Gasteiger partial charge in [-0.1, -0.05) is 12.1 Å². The van der Waals surface area contributed by atoms with Gasteiger partial charge in [-0.3, -0.25) is 4.79 Å². The summed E-state index contributed by atoms with van der Waals surface area (Å²) in [5, 5.41) is 2.82. The van der Waals surface area contributed by atoms with Gasteiger partial charge in [0.15, 0.2) is 0 Å². The summed E-state index contributed by atoms with van der Waals surface area (Å²) in [6.07, 6.45) is 2.30. The predicted octanol–water partition coefficient (Wildman–Crippen LogP) is 2.10. The monoisotopic (exact) mass is 337 g/mol. The molecule has 1 aromatic carbocycles. The predicted molar refractivity (Wildman–Crippen MR) is 87.9 cm³/mol. The van der Waals surface area contributed by atoms with Gasteiger partial charge in [0.25, 0.3) is 0 Å². The van der Waals surface area contributed by atoms with E-state index in [2.05, 4.69) is 5.32 Å². The second-order valence-corrected chi connectivity index (χ2v) is 5.14. The van der Waals surface area contributed by atoms with Crippen LogP contribution in [0.2, 0.25) is 0 Å². The third kappa shape index (κ3) is 5.34. The minimum absolute atomic E-state index is 0. The number of amides is 1. The summed E-state index contributed by atoms with van der Waals surface area (Å²) >= 11 is 0. The molecule has 0 aliphatic heterocycles. The van der Waals surface area contributed by atoms with Gasteiger partial charge in [-0.25, -0.2) is 4.39 Å². The molecule has 0 heterocycles. The van der Waals surface area contributed by atoms with Crippen LogP contribution in [0.15, 0.2) is 24.3 Å². The lowest BCUT2D eigenvalue weighted by atomic mass is 10.2. The van der Waals surface area contributed by atoms with Crippen LogP contribution in [0.3, 0.4) is 0 Å². The van der Waals surface area contributed by atoms with Gasteiger partial charge in [0, 0.05) is 20.1 Å². The number of hydrogen-bond acceptors (Lipinski definition) is 3. The molecule has 0 bridgehead atoms. The zero-order valence-electron chi connectivity index (χ0n) is 12.0. The first-order chi connectivity index (χ1) is 9.03. The van der Waals surface area contributed by atoms with Gasteiger partial charge in [0.1, 0.15) is 5.82 Å². The van der Waals surface area contributed by atoms with Crippen molar-refractivity contribution in [1.82, 2.24) is 5.32 Å². The fourth-order valence-electron chi connectivity index (χ4n) is 1.94. The molecule has 0 spiro atoms. The van der Waals surface area contributed by atoms with Crippen molar-refractivity contribution in [2.24, 2.45) is 5.73 Å². The van der Waals surface area contributed by atoms with Gasteiger partial charge in [-0.2, -0.15) is 0 Å².